The first-order valence-electron chi connectivity index (χ1n) is 8.66. The molecule has 3 unspecified atom stereocenters. The first-order chi connectivity index (χ1) is 12.6. The molecule has 2 aliphatic rings. The summed E-state index contributed by atoms with van der Waals surface area (Å²) in [6, 6.07) is 18.0. The molecule has 6 nitrogen and oxygen atoms in total. The molecule has 26 heavy (non-hydrogen) atoms. The van der Waals surface area contributed by atoms with Crippen molar-refractivity contribution in [2.24, 2.45) is 0 Å². The number of carbonyl (C=O) groups is 2. The van der Waals surface area contributed by atoms with E-state index in [1.807, 2.05) is 67.6 Å². The van der Waals surface area contributed by atoms with E-state index < -0.39 is 24.5 Å². The van der Waals surface area contributed by atoms with E-state index in [4.69, 9.17) is 9.47 Å². The highest BCUT2D eigenvalue weighted by Crippen LogP contribution is 2.34. The van der Waals surface area contributed by atoms with Crippen molar-refractivity contribution in [1.29, 1.82) is 0 Å². The van der Waals surface area contributed by atoms with E-state index in [1.54, 1.807) is 0 Å². The Kier molecular flexibility index (Phi) is 4.34. The molecule has 2 heterocycles. The monoisotopic (exact) mass is 352 g/mol. The van der Waals surface area contributed by atoms with E-state index in [-0.39, 0.29) is 18.6 Å². The van der Waals surface area contributed by atoms with Crippen LogP contribution in [0.25, 0.3) is 0 Å². The zero-order chi connectivity index (χ0) is 18.1. The molecule has 0 aromatic heterocycles. The SMILES string of the molecule is CC1OC(c2ccccc2)NC(=O)C1N1C(=O)OC[C@@H]1c1ccccc1. The number of nitrogens with one attached hydrogen (secondary N) is 1. The summed E-state index contributed by atoms with van der Waals surface area (Å²) in [7, 11) is 0. The summed E-state index contributed by atoms with van der Waals surface area (Å²) in [6.07, 6.45) is -1.48. The minimum Gasteiger partial charge on any atom is -0.447 e. The molecular formula is C20H20N2O4. The van der Waals surface area contributed by atoms with Crippen molar-refractivity contribution in [2.45, 2.75) is 31.3 Å². The van der Waals surface area contributed by atoms with Crippen LogP contribution in [0.5, 0.6) is 0 Å². The molecule has 2 aromatic rings. The Hall–Kier alpha value is -2.86. The van der Waals surface area contributed by atoms with Crippen LogP contribution in [0.3, 0.4) is 0 Å². The molecule has 2 aliphatic heterocycles. The first kappa shape index (κ1) is 16.6. The molecule has 2 amide bonds. The molecule has 0 aliphatic carbocycles. The molecule has 2 aromatic carbocycles. The number of rotatable bonds is 3. The quantitative estimate of drug-likeness (QED) is 0.922. The van der Waals surface area contributed by atoms with Crippen LogP contribution in [-0.4, -0.2) is 35.7 Å². The number of amides is 2. The molecule has 4 atom stereocenters. The van der Waals surface area contributed by atoms with Gasteiger partial charge in [-0.25, -0.2) is 4.79 Å². The lowest BCUT2D eigenvalue weighted by Gasteiger charge is -2.40. The predicted octanol–water partition coefficient (Wildman–Crippen LogP) is 2.78. The van der Waals surface area contributed by atoms with Crippen LogP contribution >= 0.6 is 0 Å². The van der Waals surface area contributed by atoms with E-state index in [2.05, 4.69) is 5.32 Å². The summed E-state index contributed by atoms with van der Waals surface area (Å²) in [5, 5.41) is 2.87. The molecule has 2 saturated heterocycles. The van der Waals surface area contributed by atoms with Crippen LogP contribution < -0.4 is 5.32 Å². The van der Waals surface area contributed by atoms with Crippen molar-refractivity contribution < 1.29 is 19.1 Å². The summed E-state index contributed by atoms with van der Waals surface area (Å²) >= 11 is 0. The summed E-state index contributed by atoms with van der Waals surface area (Å²) < 4.78 is 11.3. The van der Waals surface area contributed by atoms with Gasteiger partial charge in [0.1, 0.15) is 12.6 Å². The highest BCUT2D eigenvalue weighted by atomic mass is 16.6. The molecule has 0 spiro atoms. The van der Waals surface area contributed by atoms with Crippen molar-refractivity contribution in [1.82, 2.24) is 10.2 Å². The fourth-order valence-electron chi connectivity index (χ4n) is 3.56. The average molecular weight is 352 g/mol. The van der Waals surface area contributed by atoms with Gasteiger partial charge in [-0.2, -0.15) is 0 Å². The van der Waals surface area contributed by atoms with Crippen molar-refractivity contribution in [3.63, 3.8) is 0 Å². The van der Waals surface area contributed by atoms with E-state index in [9.17, 15) is 9.59 Å². The average Bonchev–Trinajstić information content (AvgIpc) is 3.04. The third-order valence-electron chi connectivity index (χ3n) is 4.83. The standard InChI is InChI=1S/C20H20N2O4/c1-13-17(18(23)21-19(26-13)15-10-6-3-7-11-15)22-16(12-25-20(22)24)14-8-4-2-5-9-14/h2-11,13,16-17,19H,12H2,1H3,(H,21,23)/t13?,16-,17?,19?/m1/s1. The molecule has 0 saturated carbocycles. The second-order valence-corrected chi connectivity index (χ2v) is 6.50. The highest BCUT2D eigenvalue weighted by Gasteiger charge is 2.48. The highest BCUT2D eigenvalue weighted by molar-refractivity contribution is 5.88. The number of ether oxygens (including phenoxy) is 2. The van der Waals surface area contributed by atoms with Crippen molar-refractivity contribution in [3.05, 3.63) is 71.8 Å². The predicted molar refractivity (Wildman–Crippen MR) is 94.0 cm³/mol. The zero-order valence-electron chi connectivity index (χ0n) is 14.4. The van der Waals surface area contributed by atoms with Crippen LogP contribution in [0.1, 0.15) is 30.3 Å². The molecule has 6 heteroatoms. The van der Waals surface area contributed by atoms with Crippen molar-refractivity contribution in [2.75, 3.05) is 6.61 Å². The maximum Gasteiger partial charge on any atom is 0.411 e. The van der Waals surface area contributed by atoms with Gasteiger partial charge in [-0.05, 0) is 12.5 Å². The van der Waals surface area contributed by atoms with Gasteiger partial charge in [0, 0.05) is 5.56 Å². The third-order valence-corrected chi connectivity index (χ3v) is 4.83. The number of benzene rings is 2. The largest absolute Gasteiger partial charge is 0.447 e. The van der Waals surface area contributed by atoms with Crippen molar-refractivity contribution in [3.8, 4) is 0 Å². The van der Waals surface area contributed by atoms with Crippen molar-refractivity contribution >= 4 is 12.0 Å². The molecule has 4 rings (SSSR count). The van der Waals surface area contributed by atoms with Gasteiger partial charge in [0.25, 0.3) is 0 Å². The minimum atomic E-state index is -0.741. The van der Waals surface area contributed by atoms with Gasteiger partial charge in [-0.1, -0.05) is 60.7 Å². The van der Waals surface area contributed by atoms with Crippen LogP contribution in [0, 0.1) is 0 Å². The van der Waals surface area contributed by atoms with Gasteiger partial charge < -0.3 is 14.8 Å². The minimum absolute atomic E-state index is 0.224. The summed E-state index contributed by atoms with van der Waals surface area (Å²) in [6.45, 7) is 2.04. The van der Waals surface area contributed by atoms with E-state index in [0.717, 1.165) is 11.1 Å². The number of hydrogen-bond donors (Lipinski definition) is 1. The Morgan fingerprint density at radius 1 is 0.962 bits per heavy atom. The zero-order valence-corrected chi connectivity index (χ0v) is 14.4. The van der Waals surface area contributed by atoms with Gasteiger partial charge in [0.15, 0.2) is 6.23 Å². The van der Waals surface area contributed by atoms with E-state index in [1.165, 1.54) is 4.90 Å². The second kappa shape index (κ2) is 6.80. The number of carbonyl (C=O) groups excluding carboxylic acids is 2. The topological polar surface area (TPSA) is 67.9 Å². The molecule has 0 bridgehead atoms. The Bertz CT molecular complexity index is 796. The lowest BCUT2D eigenvalue weighted by Crippen LogP contribution is -2.59. The lowest BCUT2D eigenvalue weighted by atomic mass is 10.0. The summed E-state index contributed by atoms with van der Waals surface area (Å²) in [5.74, 6) is -0.239. The lowest BCUT2D eigenvalue weighted by molar-refractivity contribution is -0.154. The maximum atomic E-state index is 12.9. The van der Waals surface area contributed by atoms with E-state index in [0.29, 0.717) is 0 Å². The number of cyclic esters (lactones) is 1. The second-order valence-electron chi connectivity index (χ2n) is 6.50. The van der Waals surface area contributed by atoms with Crippen LogP contribution in [0.4, 0.5) is 4.79 Å². The molecule has 134 valence electrons. The fraction of sp³-hybridized carbons (Fsp3) is 0.300. The molecule has 0 radical (unpaired) electrons. The molecule has 2 fully saturated rings. The summed E-state index contributed by atoms with van der Waals surface area (Å²) in [5.41, 5.74) is 1.80. The Labute approximate surface area is 151 Å². The Morgan fingerprint density at radius 3 is 2.19 bits per heavy atom. The molecule has 1 N–H and O–H groups in total. The van der Waals surface area contributed by atoms with Gasteiger partial charge in [0.2, 0.25) is 5.91 Å². The smallest absolute Gasteiger partial charge is 0.411 e. The van der Waals surface area contributed by atoms with Crippen LogP contribution in [0.15, 0.2) is 60.7 Å². The third kappa shape index (κ3) is 2.93. The van der Waals surface area contributed by atoms with Gasteiger partial charge >= 0.3 is 6.09 Å². The van der Waals surface area contributed by atoms with Gasteiger partial charge in [-0.3, -0.25) is 9.69 Å². The number of nitrogens with zero attached hydrogens (tertiary/aromatic N) is 1. The summed E-state index contributed by atoms with van der Waals surface area (Å²) in [4.78, 5) is 26.7. The first-order valence-corrected chi connectivity index (χ1v) is 8.66. The Balaban J connectivity index is 1.59. The van der Waals surface area contributed by atoms with E-state index >= 15 is 0 Å². The Morgan fingerprint density at radius 2 is 1.58 bits per heavy atom. The van der Waals surface area contributed by atoms with Gasteiger partial charge in [-0.15, -0.1) is 0 Å². The van der Waals surface area contributed by atoms with Crippen LogP contribution in [0.2, 0.25) is 0 Å². The van der Waals surface area contributed by atoms with Crippen LogP contribution in [-0.2, 0) is 14.3 Å². The fourth-order valence-corrected chi connectivity index (χ4v) is 3.56. The maximum absolute atomic E-state index is 12.9. The van der Waals surface area contributed by atoms with Gasteiger partial charge in [0.05, 0.1) is 12.1 Å². The normalized spacial score (nSPS) is 28.6. The number of hydrogen-bond acceptors (Lipinski definition) is 4. The molecular weight excluding hydrogens is 332 g/mol.